The van der Waals surface area contributed by atoms with E-state index in [9.17, 15) is 9.18 Å². The summed E-state index contributed by atoms with van der Waals surface area (Å²) in [7, 11) is 0. The average molecular weight is 307 g/mol. The quantitative estimate of drug-likeness (QED) is 0.607. The number of alkyl halides is 1. The number of carbonyl (C=O) groups is 1. The number of aryl methyl sites for hydroxylation is 1. The van der Waals surface area contributed by atoms with Crippen LogP contribution in [0.4, 0.5) is 4.39 Å². The lowest BCUT2D eigenvalue weighted by atomic mass is 9.98. The molecule has 1 nitrogen and oxygen atoms in total. The second-order valence-electron chi connectivity index (χ2n) is 4.07. The van der Waals surface area contributed by atoms with E-state index in [0.717, 1.165) is 11.1 Å². The SMILES string of the molecule is Cc1cc(-c2ccccc2F)ccc1C(=O)CBr. The summed E-state index contributed by atoms with van der Waals surface area (Å²) in [6.45, 7) is 1.86. The fraction of sp³-hybridized carbons (Fsp3) is 0.133. The summed E-state index contributed by atoms with van der Waals surface area (Å²) in [4.78, 5) is 11.6. The first-order valence-electron chi connectivity index (χ1n) is 5.58. The Bertz CT molecular complexity index is 593. The highest BCUT2D eigenvalue weighted by Gasteiger charge is 2.10. The van der Waals surface area contributed by atoms with Crippen LogP contribution in [0.3, 0.4) is 0 Å². The van der Waals surface area contributed by atoms with Gasteiger partial charge in [-0.15, -0.1) is 0 Å². The van der Waals surface area contributed by atoms with E-state index in [4.69, 9.17) is 0 Å². The fourth-order valence-electron chi connectivity index (χ4n) is 1.91. The molecule has 0 saturated heterocycles. The van der Waals surface area contributed by atoms with Crippen molar-refractivity contribution in [1.82, 2.24) is 0 Å². The van der Waals surface area contributed by atoms with Crippen LogP contribution in [0.1, 0.15) is 15.9 Å². The lowest BCUT2D eigenvalue weighted by Crippen LogP contribution is -2.02. The van der Waals surface area contributed by atoms with Crippen LogP contribution in [-0.4, -0.2) is 11.1 Å². The van der Waals surface area contributed by atoms with Crippen molar-refractivity contribution < 1.29 is 9.18 Å². The third-order valence-electron chi connectivity index (χ3n) is 2.83. The highest BCUT2D eigenvalue weighted by molar-refractivity contribution is 9.09. The van der Waals surface area contributed by atoms with Crippen molar-refractivity contribution in [1.29, 1.82) is 0 Å². The second-order valence-corrected chi connectivity index (χ2v) is 4.63. The Balaban J connectivity index is 2.47. The zero-order valence-electron chi connectivity index (χ0n) is 9.91. The molecule has 0 bridgehead atoms. The number of Topliss-reactive ketones (excluding diaryl/α,β-unsaturated/α-hetero) is 1. The Morgan fingerprint density at radius 1 is 1.22 bits per heavy atom. The Morgan fingerprint density at radius 3 is 2.56 bits per heavy atom. The van der Waals surface area contributed by atoms with Gasteiger partial charge in [0.2, 0.25) is 0 Å². The Hall–Kier alpha value is -1.48. The summed E-state index contributed by atoms with van der Waals surface area (Å²) < 4.78 is 13.7. The van der Waals surface area contributed by atoms with Crippen LogP contribution in [0, 0.1) is 12.7 Å². The molecule has 0 unspecified atom stereocenters. The van der Waals surface area contributed by atoms with Gasteiger partial charge in [-0.25, -0.2) is 4.39 Å². The van der Waals surface area contributed by atoms with E-state index in [-0.39, 0.29) is 11.6 Å². The highest BCUT2D eigenvalue weighted by Crippen LogP contribution is 2.25. The fourth-order valence-corrected chi connectivity index (χ4v) is 2.21. The zero-order chi connectivity index (χ0) is 13.1. The number of hydrogen-bond donors (Lipinski definition) is 0. The minimum Gasteiger partial charge on any atom is -0.293 e. The molecule has 0 heterocycles. The number of hydrogen-bond acceptors (Lipinski definition) is 1. The minimum absolute atomic E-state index is 0.0348. The first-order chi connectivity index (χ1) is 8.63. The molecule has 2 rings (SSSR count). The molecule has 3 heteroatoms. The number of halogens is 2. The van der Waals surface area contributed by atoms with Crippen molar-refractivity contribution >= 4 is 21.7 Å². The van der Waals surface area contributed by atoms with E-state index >= 15 is 0 Å². The summed E-state index contributed by atoms with van der Waals surface area (Å²) in [5.74, 6) is -0.218. The Morgan fingerprint density at radius 2 is 1.94 bits per heavy atom. The van der Waals surface area contributed by atoms with E-state index in [1.165, 1.54) is 6.07 Å². The number of carbonyl (C=O) groups excluding carboxylic acids is 1. The summed E-state index contributed by atoms with van der Waals surface area (Å²) in [5.41, 5.74) is 2.88. The predicted molar refractivity (Wildman–Crippen MR) is 74.7 cm³/mol. The van der Waals surface area contributed by atoms with Crippen molar-refractivity contribution in [3.05, 3.63) is 59.4 Å². The van der Waals surface area contributed by atoms with Crippen LogP contribution in [-0.2, 0) is 0 Å². The van der Waals surface area contributed by atoms with Gasteiger partial charge in [0.1, 0.15) is 5.82 Å². The lowest BCUT2D eigenvalue weighted by molar-refractivity contribution is 0.102. The van der Waals surface area contributed by atoms with Crippen molar-refractivity contribution in [3.63, 3.8) is 0 Å². The van der Waals surface area contributed by atoms with Gasteiger partial charge in [-0.2, -0.15) is 0 Å². The molecular weight excluding hydrogens is 295 g/mol. The topological polar surface area (TPSA) is 17.1 Å². The molecule has 0 atom stereocenters. The van der Waals surface area contributed by atoms with Crippen molar-refractivity contribution in [3.8, 4) is 11.1 Å². The van der Waals surface area contributed by atoms with Crippen LogP contribution >= 0.6 is 15.9 Å². The van der Waals surface area contributed by atoms with Crippen LogP contribution in [0.25, 0.3) is 11.1 Å². The van der Waals surface area contributed by atoms with Gasteiger partial charge < -0.3 is 0 Å². The standard InChI is InChI=1S/C15H12BrFO/c1-10-8-11(6-7-12(10)15(18)9-16)13-4-2-3-5-14(13)17/h2-8H,9H2,1H3. The van der Waals surface area contributed by atoms with Crippen LogP contribution in [0.5, 0.6) is 0 Å². The van der Waals surface area contributed by atoms with Gasteiger partial charge in [0.15, 0.2) is 5.78 Å². The van der Waals surface area contributed by atoms with Crippen molar-refractivity contribution in [2.24, 2.45) is 0 Å². The van der Waals surface area contributed by atoms with Crippen molar-refractivity contribution in [2.75, 3.05) is 5.33 Å². The lowest BCUT2D eigenvalue weighted by Gasteiger charge is -2.08. The van der Waals surface area contributed by atoms with Gasteiger partial charge in [-0.3, -0.25) is 4.79 Å². The van der Waals surface area contributed by atoms with Crippen LogP contribution in [0.2, 0.25) is 0 Å². The van der Waals surface area contributed by atoms with Gasteiger partial charge in [-0.05, 0) is 24.1 Å². The van der Waals surface area contributed by atoms with Gasteiger partial charge >= 0.3 is 0 Å². The molecule has 0 N–H and O–H groups in total. The van der Waals surface area contributed by atoms with Gasteiger partial charge in [0.05, 0.1) is 5.33 Å². The summed E-state index contributed by atoms with van der Waals surface area (Å²) in [6, 6.07) is 12.0. The maximum Gasteiger partial charge on any atom is 0.173 e. The summed E-state index contributed by atoms with van der Waals surface area (Å²) in [5, 5.41) is 0.298. The molecule has 2 aromatic rings. The molecule has 0 saturated carbocycles. The Kier molecular flexibility index (Phi) is 3.92. The molecule has 0 aliphatic rings. The monoisotopic (exact) mass is 306 g/mol. The molecule has 18 heavy (non-hydrogen) atoms. The van der Waals surface area contributed by atoms with Crippen molar-refractivity contribution in [2.45, 2.75) is 6.92 Å². The summed E-state index contributed by atoms with van der Waals surface area (Å²) >= 11 is 3.15. The van der Waals surface area contributed by atoms with E-state index in [1.807, 2.05) is 13.0 Å². The molecule has 2 aromatic carbocycles. The molecule has 0 radical (unpaired) electrons. The third kappa shape index (κ3) is 2.51. The minimum atomic E-state index is -0.253. The molecule has 0 aliphatic carbocycles. The first-order valence-corrected chi connectivity index (χ1v) is 6.70. The van der Waals surface area contributed by atoms with E-state index in [0.29, 0.717) is 16.5 Å². The van der Waals surface area contributed by atoms with Gasteiger partial charge in [0.25, 0.3) is 0 Å². The Labute approximate surface area is 114 Å². The highest BCUT2D eigenvalue weighted by atomic mass is 79.9. The summed E-state index contributed by atoms with van der Waals surface area (Å²) in [6.07, 6.45) is 0. The average Bonchev–Trinajstić information content (AvgIpc) is 2.38. The molecule has 0 fully saturated rings. The number of ketones is 1. The van der Waals surface area contributed by atoms with Crippen LogP contribution < -0.4 is 0 Å². The molecule has 0 spiro atoms. The second kappa shape index (κ2) is 5.44. The smallest absolute Gasteiger partial charge is 0.173 e. The maximum atomic E-state index is 13.7. The molecule has 92 valence electrons. The third-order valence-corrected chi connectivity index (χ3v) is 3.34. The molecular formula is C15H12BrFO. The largest absolute Gasteiger partial charge is 0.293 e. The molecule has 0 aromatic heterocycles. The molecule has 0 amide bonds. The number of rotatable bonds is 3. The normalized spacial score (nSPS) is 10.4. The van der Waals surface area contributed by atoms with Gasteiger partial charge in [0, 0.05) is 11.1 Å². The molecule has 0 aliphatic heterocycles. The zero-order valence-corrected chi connectivity index (χ0v) is 11.5. The maximum absolute atomic E-state index is 13.7. The first kappa shape index (κ1) is 13.0. The predicted octanol–water partition coefficient (Wildman–Crippen LogP) is 4.38. The van der Waals surface area contributed by atoms with E-state index in [1.54, 1.807) is 30.3 Å². The van der Waals surface area contributed by atoms with E-state index in [2.05, 4.69) is 15.9 Å². The van der Waals surface area contributed by atoms with Gasteiger partial charge in [-0.1, -0.05) is 52.3 Å². The number of benzene rings is 2. The van der Waals surface area contributed by atoms with E-state index < -0.39 is 0 Å². The van der Waals surface area contributed by atoms with Crippen LogP contribution in [0.15, 0.2) is 42.5 Å².